The van der Waals surface area contributed by atoms with Crippen LogP contribution in [0, 0.1) is 6.92 Å². The average molecular weight is 285 g/mol. The number of nitrogens with one attached hydrogen (secondary N) is 1. The molecular formula is C15H15N3O3. The number of ether oxygens (including phenoxy) is 2. The molecule has 6 nitrogen and oxygen atoms in total. The minimum atomic E-state index is -0.257. The maximum atomic E-state index is 12.1. The highest BCUT2D eigenvalue weighted by Gasteiger charge is 2.17. The van der Waals surface area contributed by atoms with Crippen molar-refractivity contribution in [1.82, 2.24) is 15.3 Å². The van der Waals surface area contributed by atoms with E-state index in [0.29, 0.717) is 11.4 Å². The van der Waals surface area contributed by atoms with E-state index in [9.17, 15) is 4.79 Å². The van der Waals surface area contributed by atoms with E-state index < -0.39 is 0 Å². The molecule has 0 spiro atoms. The number of rotatable bonds is 3. The van der Waals surface area contributed by atoms with Crippen molar-refractivity contribution in [3.63, 3.8) is 0 Å². The van der Waals surface area contributed by atoms with Crippen molar-refractivity contribution < 1.29 is 14.3 Å². The summed E-state index contributed by atoms with van der Waals surface area (Å²) in [5.74, 6) is 1.16. The predicted molar refractivity (Wildman–Crippen MR) is 75.2 cm³/mol. The van der Waals surface area contributed by atoms with Crippen LogP contribution in [0.15, 0.2) is 30.6 Å². The van der Waals surface area contributed by atoms with Gasteiger partial charge < -0.3 is 14.8 Å². The van der Waals surface area contributed by atoms with Gasteiger partial charge >= 0.3 is 0 Å². The van der Waals surface area contributed by atoms with Crippen LogP contribution in [0.5, 0.6) is 11.5 Å². The van der Waals surface area contributed by atoms with Crippen molar-refractivity contribution in [2.75, 3.05) is 6.79 Å². The van der Waals surface area contributed by atoms with Crippen molar-refractivity contribution in [2.24, 2.45) is 0 Å². The summed E-state index contributed by atoms with van der Waals surface area (Å²) >= 11 is 0. The first-order chi connectivity index (χ1) is 10.1. The van der Waals surface area contributed by atoms with E-state index in [0.717, 1.165) is 17.0 Å². The smallest absolute Gasteiger partial charge is 0.271 e. The maximum absolute atomic E-state index is 12.1. The lowest BCUT2D eigenvalue weighted by molar-refractivity contribution is 0.0934. The zero-order valence-corrected chi connectivity index (χ0v) is 11.8. The number of carbonyl (C=O) groups excluding carboxylic acids is 1. The van der Waals surface area contributed by atoms with Crippen LogP contribution in [-0.2, 0) is 0 Å². The van der Waals surface area contributed by atoms with Gasteiger partial charge in [0.2, 0.25) is 6.79 Å². The van der Waals surface area contributed by atoms with Gasteiger partial charge in [-0.3, -0.25) is 9.78 Å². The molecule has 1 aliphatic heterocycles. The monoisotopic (exact) mass is 285 g/mol. The third-order valence-corrected chi connectivity index (χ3v) is 3.26. The second-order valence-corrected chi connectivity index (χ2v) is 4.85. The van der Waals surface area contributed by atoms with Crippen LogP contribution in [0.3, 0.4) is 0 Å². The minimum absolute atomic E-state index is 0.171. The summed E-state index contributed by atoms with van der Waals surface area (Å²) in [5, 5.41) is 2.89. The van der Waals surface area contributed by atoms with Gasteiger partial charge in [-0.15, -0.1) is 0 Å². The number of aryl methyl sites for hydroxylation is 1. The van der Waals surface area contributed by atoms with Crippen LogP contribution in [-0.4, -0.2) is 22.7 Å². The normalized spacial score (nSPS) is 13.8. The molecule has 1 aromatic carbocycles. The molecular weight excluding hydrogens is 270 g/mol. The summed E-state index contributed by atoms with van der Waals surface area (Å²) in [4.78, 5) is 20.2. The van der Waals surface area contributed by atoms with Gasteiger partial charge in [0.25, 0.3) is 5.91 Å². The second kappa shape index (κ2) is 5.40. The van der Waals surface area contributed by atoms with Crippen molar-refractivity contribution in [3.05, 3.63) is 47.5 Å². The summed E-state index contributed by atoms with van der Waals surface area (Å²) in [6.45, 7) is 3.96. The zero-order valence-electron chi connectivity index (χ0n) is 11.8. The van der Waals surface area contributed by atoms with Crippen molar-refractivity contribution >= 4 is 5.91 Å². The molecule has 0 saturated carbocycles. The Bertz CT molecular complexity index is 670. The van der Waals surface area contributed by atoms with E-state index in [1.165, 1.54) is 6.20 Å². The molecule has 1 atom stereocenters. The van der Waals surface area contributed by atoms with Crippen molar-refractivity contribution in [3.8, 4) is 11.5 Å². The number of benzene rings is 1. The predicted octanol–water partition coefficient (Wildman–Crippen LogP) is 2.00. The van der Waals surface area contributed by atoms with Gasteiger partial charge in [-0.2, -0.15) is 0 Å². The quantitative estimate of drug-likeness (QED) is 0.933. The Labute approximate surface area is 122 Å². The molecule has 2 heterocycles. The van der Waals surface area contributed by atoms with Gasteiger partial charge in [0.1, 0.15) is 5.69 Å². The number of aromatic nitrogens is 2. The highest BCUT2D eigenvalue weighted by Crippen LogP contribution is 2.34. The molecule has 108 valence electrons. The van der Waals surface area contributed by atoms with Crippen molar-refractivity contribution in [1.29, 1.82) is 0 Å². The van der Waals surface area contributed by atoms with E-state index >= 15 is 0 Å². The third kappa shape index (κ3) is 2.79. The number of nitrogens with zero attached hydrogens (tertiary/aromatic N) is 2. The molecule has 0 radical (unpaired) electrons. The molecule has 0 bridgehead atoms. The standard InChI is InChI=1S/C15H15N3O3/c1-9-6-17-12(7-16-9)15(19)18-10(2)11-3-4-13-14(5-11)21-8-20-13/h3-7,10H,8H2,1-2H3,(H,18,19)/t10-/m1/s1. The largest absolute Gasteiger partial charge is 0.454 e. The van der Waals surface area contributed by atoms with E-state index in [-0.39, 0.29) is 18.7 Å². The number of hydrogen-bond acceptors (Lipinski definition) is 5. The van der Waals surface area contributed by atoms with Crippen LogP contribution >= 0.6 is 0 Å². The Morgan fingerprint density at radius 1 is 1.24 bits per heavy atom. The van der Waals surface area contributed by atoms with Crippen LogP contribution in [0.2, 0.25) is 0 Å². The van der Waals surface area contributed by atoms with E-state index in [1.54, 1.807) is 6.20 Å². The fourth-order valence-corrected chi connectivity index (χ4v) is 2.05. The summed E-state index contributed by atoms with van der Waals surface area (Å²) in [7, 11) is 0. The molecule has 0 saturated heterocycles. The molecule has 1 N–H and O–H groups in total. The minimum Gasteiger partial charge on any atom is -0.454 e. The molecule has 0 fully saturated rings. The molecule has 2 aromatic rings. The number of amides is 1. The van der Waals surface area contributed by atoms with E-state index in [2.05, 4.69) is 15.3 Å². The highest BCUT2D eigenvalue weighted by molar-refractivity contribution is 5.92. The Morgan fingerprint density at radius 2 is 2.05 bits per heavy atom. The van der Waals surface area contributed by atoms with Crippen LogP contribution in [0.1, 0.15) is 34.7 Å². The SMILES string of the molecule is Cc1cnc(C(=O)N[C@H](C)c2ccc3c(c2)OCO3)cn1. The number of hydrogen-bond donors (Lipinski definition) is 1. The summed E-state index contributed by atoms with van der Waals surface area (Å²) < 4.78 is 10.6. The first kappa shape index (κ1) is 13.4. The van der Waals surface area contributed by atoms with E-state index in [4.69, 9.17) is 9.47 Å². The number of fused-ring (bicyclic) bond motifs is 1. The van der Waals surface area contributed by atoms with Crippen molar-refractivity contribution in [2.45, 2.75) is 19.9 Å². The Balaban J connectivity index is 1.72. The first-order valence-corrected chi connectivity index (χ1v) is 6.62. The Morgan fingerprint density at radius 3 is 2.81 bits per heavy atom. The summed E-state index contributed by atoms with van der Waals surface area (Å²) in [5.41, 5.74) is 2.01. The van der Waals surface area contributed by atoms with Gasteiger partial charge in [-0.1, -0.05) is 6.07 Å². The van der Waals surface area contributed by atoms with Crippen LogP contribution in [0.4, 0.5) is 0 Å². The summed E-state index contributed by atoms with van der Waals surface area (Å²) in [6.07, 6.45) is 3.04. The van der Waals surface area contributed by atoms with E-state index in [1.807, 2.05) is 32.0 Å². The lowest BCUT2D eigenvalue weighted by Crippen LogP contribution is -2.27. The first-order valence-electron chi connectivity index (χ1n) is 6.62. The second-order valence-electron chi connectivity index (χ2n) is 4.85. The molecule has 0 aliphatic carbocycles. The molecule has 1 aromatic heterocycles. The lowest BCUT2D eigenvalue weighted by Gasteiger charge is -2.14. The lowest BCUT2D eigenvalue weighted by atomic mass is 10.1. The Hall–Kier alpha value is -2.63. The third-order valence-electron chi connectivity index (χ3n) is 3.26. The fourth-order valence-electron chi connectivity index (χ4n) is 2.05. The number of carbonyl (C=O) groups is 1. The van der Waals surface area contributed by atoms with Gasteiger partial charge in [-0.25, -0.2) is 4.98 Å². The molecule has 1 aliphatic rings. The molecule has 0 unspecified atom stereocenters. The maximum Gasteiger partial charge on any atom is 0.271 e. The molecule has 3 rings (SSSR count). The van der Waals surface area contributed by atoms with Gasteiger partial charge in [0, 0.05) is 6.20 Å². The fraction of sp³-hybridized carbons (Fsp3) is 0.267. The van der Waals surface area contributed by atoms with Gasteiger partial charge in [-0.05, 0) is 31.5 Å². The topological polar surface area (TPSA) is 73.3 Å². The summed E-state index contributed by atoms with van der Waals surface area (Å²) in [6, 6.07) is 5.44. The van der Waals surface area contributed by atoms with Gasteiger partial charge in [0.15, 0.2) is 11.5 Å². The van der Waals surface area contributed by atoms with Crippen LogP contribution in [0.25, 0.3) is 0 Å². The molecule has 6 heteroatoms. The zero-order chi connectivity index (χ0) is 14.8. The highest BCUT2D eigenvalue weighted by atomic mass is 16.7. The molecule has 1 amide bonds. The average Bonchev–Trinajstić information content (AvgIpc) is 2.95. The van der Waals surface area contributed by atoms with Crippen LogP contribution < -0.4 is 14.8 Å². The molecule has 21 heavy (non-hydrogen) atoms. The van der Waals surface area contributed by atoms with Gasteiger partial charge in [0.05, 0.1) is 17.9 Å². The Kier molecular flexibility index (Phi) is 3.43.